The highest BCUT2D eigenvalue weighted by atomic mass is 79.9. The third kappa shape index (κ3) is 3.19. The summed E-state index contributed by atoms with van der Waals surface area (Å²) in [7, 11) is 0. The third-order valence-corrected chi connectivity index (χ3v) is 4.14. The lowest BCUT2D eigenvalue weighted by molar-refractivity contribution is 0.0159. The number of benzene rings is 1. The summed E-state index contributed by atoms with van der Waals surface area (Å²) in [5, 5.41) is 0.571. The van der Waals surface area contributed by atoms with Gasteiger partial charge in [-0.3, -0.25) is 4.79 Å². The number of nitrogens with zero attached hydrogens (tertiary/aromatic N) is 2. The fourth-order valence-corrected chi connectivity index (χ4v) is 2.65. The Morgan fingerprint density at radius 1 is 1.29 bits per heavy atom. The van der Waals surface area contributed by atoms with E-state index < -0.39 is 0 Å². The van der Waals surface area contributed by atoms with Gasteiger partial charge in [0, 0.05) is 16.7 Å². The summed E-state index contributed by atoms with van der Waals surface area (Å²) in [5.74, 6) is 0.531. The number of rotatable bonds is 3. The van der Waals surface area contributed by atoms with Crippen LogP contribution in [-0.4, -0.2) is 35.0 Å². The van der Waals surface area contributed by atoms with E-state index in [1.54, 1.807) is 29.3 Å². The number of halogens is 2. The van der Waals surface area contributed by atoms with Crippen molar-refractivity contribution in [3.8, 4) is 5.88 Å². The van der Waals surface area contributed by atoms with Crippen LogP contribution in [0.25, 0.3) is 0 Å². The molecule has 1 aliphatic heterocycles. The minimum Gasteiger partial charge on any atom is -0.471 e. The molecule has 1 aliphatic rings. The molecule has 108 valence electrons. The van der Waals surface area contributed by atoms with Crippen molar-refractivity contribution in [2.75, 3.05) is 13.1 Å². The Morgan fingerprint density at radius 3 is 2.71 bits per heavy atom. The molecule has 0 saturated carbocycles. The molecule has 0 atom stereocenters. The van der Waals surface area contributed by atoms with E-state index in [1.165, 1.54) is 0 Å². The zero-order valence-corrected chi connectivity index (χ0v) is 13.3. The van der Waals surface area contributed by atoms with Crippen LogP contribution in [0, 0.1) is 0 Å². The minimum absolute atomic E-state index is 0.00592. The maximum absolute atomic E-state index is 12.3. The van der Waals surface area contributed by atoms with Crippen molar-refractivity contribution in [2.45, 2.75) is 6.10 Å². The molecule has 0 aliphatic carbocycles. The fourth-order valence-electron chi connectivity index (χ4n) is 2.09. The second kappa shape index (κ2) is 6.03. The molecule has 0 N–H and O–H groups in total. The summed E-state index contributed by atoms with van der Waals surface area (Å²) in [6.45, 7) is 1.12. The largest absolute Gasteiger partial charge is 0.471 e. The van der Waals surface area contributed by atoms with Crippen molar-refractivity contribution in [1.29, 1.82) is 0 Å². The Hall–Kier alpha value is -1.59. The maximum atomic E-state index is 12.3. The lowest BCUT2D eigenvalue weighted by Crippen LogP contribution is -2.56. The summed E-state index contributed by atoms with van der Waals surface area (Å²) in [6, 6.07) is 10.9. The van der Waals surface area contributed by atoms with Gasteiger partial charge in [-0.05, 0) is 34.1 Å². The predicted molar refractivity (Wildman–Crippen MR) is 83.7 cm³/mol. The zero-order valence-electron chi connectivity index (χ0n) is 11.0. The third-order valence-electron chi connectivity index (χ3n) is 3.23. The van der Waals surface area contributed by atoms with Crippen molar-refractivity contribution in [1.82, 2.24) is 9.88 Å². The number of aromatic nitrogens is 1. The van der Waals surface area contributed by atoms with E-state index in [9.17, 15) is 4.79 Å². The van der Waals surface area contributed by atoms with Crippen LogP contribution >= 0.6 is 27.5 Å². The summed E-state index contributed by atoms with van der Waals surface area (Å²) < 4.78 is 6.48. The zero-order chi connectivity index (χ0) is 14.8. The van der Waals surface area contributed by atoms with Gasteiger partial charge < -0.3 is 9.64 Å². The Balaban J connectivity index is 1.57. The molecule has 2 aromatic rings. The van der Waals surface area contributed by atoms with Gasteiger partial charge in [0.15, 0.2) is 0 Å². The topological polar surface area (TPSA) is 42.4 Å². The normalized spacial score (nSPS) is 14.7. The highest BCUT2D eigenvalue weighted by Gasteiger charge is 2.33. The molecule has 21 heavy (non-hydrogen) atoms. The van der Waals surface area contributed by atoms with Crippen molar-refractivity contribution >= 4 is 33.4 Å². The van der Waals surface area contributed by atoms with Crippen LogP contribution in [0.5, 0.6) is 5.88 Å². The molecule has 0 spiro atoms. The first-order chi connectivity index (χ1) is 10.1. The summed E-state index contributed by atoms with van der Waals surface area (Å²) in [4.78, 5) is 18.1. The summed E-state index contributed by atoms with van der Waals surface area (Å²) in [5.41, 5.74) is 0.667. The molecule has 2 heterocycles. The number of hydrogen-bond acceptors (Lipinski definition) is 3. The number of ether oxygens (including phenoxy) is 1. The van der Waals surface area contributed by atoms with Gasteiger partial charge >= 0.3 is 0 Å². The van der Waals surface area contributed by atoms with E-state index in [2.05, 4.69) is 20.9 Å². The van der Waals surface area contributed by atoms with Crippen LogP contribution in [0.2, 0.25) is 5.02 Å². The van der Waals surface area contributed by atoms with Crippen molar-refractivity contribution in [3.05, 3.63) is 57.7 Å². The van der Waals surface area contributed by atoms with Crippen LogP contribution in [0.4, 0.5) is 0 Å². The average molecular weight is 368 g/mol. The van der Waals surface area contributed by atoms with Crippen molar-refractivity contribution in [2.24, 2.45) is 0 Å². The monoisotopic (exact) mass is 366 g/mol. The van der Waals surface area contributed by atoms with E-state index >= 15 is 0 Å². The minimum atomic E-state index is -0.0230. The molecule has 1 aromatic carbocycles. The van der Waals surface area contributed by atoms with Gasteiger partial charge in [-0.15, -0.1) is 0 Å². The number of hydrogen-bond donors (Lipinski definition) is 0. The first kappa shape index (κ1) is 14.4. The lowest BCUT2D eigenvalue weighted by Gasteiger charge is -2.38. The number of pyridine rings is 1. The number of carbonyl (C=O) groups excluding carboxylic acids is 1. The van der Waals surface area contributed by atoms with E-state index in [-0.39, 0.29) is 12.0 Å². The van der Waals surface area contributed by atoms with Crippen LogP contribution in [0.1, 0.15) is 10.4 Å². The molecule has 6 heteroatoms. The van der Waals surface area contributed by atoms with E-state index in [0.717, 1.165) is 4.47 Å². The van der Waals surface area contributed by atoms with E-state index in [1.807, 2.05) is 18.2 Å². The second-order valence-electron chi connectivity index (χ2n) is 4.74. The maximum Gasteiger partial charge on any atom is 0.255 e. The Kier molecular flexibility index (Phi) is 4.12. The predicted octanol–water partition coefficient (Wildman–Crippen LogP) is 3.40. The number of likely N-dealkylation sites (tertiary alicyclic amines) is 1. The molecule has 0 radical (unpaired) electrons. The van der Waals surface area contributed by atoms with E-state index in [4.69, 9.17) is 16.3 Å². The fraction of sp³-hybridized carbons (Fsp3) is 0.200. The Labute approximate surface area is 135 Å². The second-order valence-corrected chi connectivity index (χ2v) is 6.04. The summed E-state index contributed by atoms with van der Waals surface area (Å²) >= 11 is 9.16. The molecule has 0 unspecified atom stereocenters. The Morgan fingerprint density at radius 2 is 2.05 bits per heavy atom. The molecule has 1 saturated heterocycles. The SMILES string of the molecule is O=C(c1ccccc1Br)N1CC(Oc2ccc(Cl)cn2)C1. The van der Waals surface area contributed by atoms with Crippen LogP contribution in [-0.2, 0) is 0 Å². The van der Waals surface area contributed by atoms with Gasteiger partial charge in [0.25, 0.3) is 5.91 Å². The molecule has 3 rings (SSSR count). The van der Waals surface area contributed by atoms with Gasteiger partial charge in [0.2, 0.25) is 5.88 Å². The van der Waals surface area contributed by atoms with Gasteiger partial charge in [-0.1, -0.05) is 23.7 Å². The highest BCUT2D eigenvalue weighted by molar-refractivity contribution is 9.10. The van der Waals surface area contributed by atoms with Gasteiger partial charge in [-0.2, -0.15) is 0 Å². The van der Waals surface area contributed by atoms with Crippen molar-refractivity contribution < 1.29 is 9.53 Å². The van der Waals surface area contributed by atoms with Gasteiger partial charge in [0.05, 0.1) is 23.7 Å². The highest BCUT2D eigenvalue weighted by Crippen LogP contribution is 2.23. The molecule has 0 bridgehead atoms. The smallest absolute Gasteiger partial charge is 0.255 e. The average Bonchev–Trinajstić information content (AvgIpc) is 2.44. The molecule has 1 amide bonds. The van der Waals surface area contributed by atoms with E-state index in [0.29, 0.717) is 29.6 Å². The van der Waals surface area contributed by atoms with Crippen LogP contribution < -0.4 is 4.74 Å². The van der Waals surface area contributed by atoms with Crippen LogP contribution in [0.15, 0.2) is 47.1 Å². The summed E-state index contributed by atoms with van der Waals surface area (Å²) in [6.07, 6.45) is 1.52. The van der Waals surface area contributed by atoms with Gasteiger partial charge in [-0.25, -0.2) is 4.98 Å². The molecular formula is C15H12BrClN2O2. The first-order valence-electron chi connectivity index (χ1n) is 6.45. The van der Waals surface area contributed by atoms with Gasteiger partial charge in [0.1, 0.15) is 6.10 Å². The lowest BCUT2D eigenvalue weighted by atomic mass is 10.1. The molecular weight excluding hydrogens is 356 g/mol. The molecule has 1 fully saturated rings. The standard InChI is InChI=1S/C15H12BrClN2O2/c16-13-4-2-1-3-12(13)15(20)19-8-11(9-19)21-14-6-5-10(17)7-18-14/h1-7,11H,8-9H2. The quantitative estimate of drug-likeness (QED) is 0.835. The number of amides is 1. The molecule has 4 nitrogen and oxygen atoms in total. The van der Waals surface area contributed by atoms with Crippen molar-refractivity contribution in [3.63, 3.8) is 0 Å². The van der Waals surface area contributed by atoms with Crippen LogP contribution in [0.3, 0.4) is 0 Å². The number of carbonyl (C=O) groups is 1. The first-order valence-corrected chi connectivity index (χ1v) is 7.62. The molecule has 1 aromatic heterocycles. The Bertz CT molecular complexity index is 657.